The van der Waals surface area contributed by atoms with E-state index in [0.717, 1.165) is 4.31 Å². The first-order valence-electron chi connectivity index (χ1n) is 10.2. The molecule has 0 radical (unpaired) electrons. The van der Waals surface area contributed by atoms with Gasteiger partial charge in [-0.25, -0.2) is 4.72 Å². The number of piperidine rings is 1. The van der Waals surface area contributed by atoms with E-state index in [1.165, 1.54) is 0 Å². The minimum Gasteiger partial charge on any atom is -0.317 e. The molecule has 0 aliphatic carbocycles. The van der Waals surface area contributed by atoms with E-state index in [1.54, 1.807) is 35.1 Å². The summed E-state index contributed by atoms with van der Waals surface area (Å²) >= 11 is 0. The Morgan fingerprint density at radius 1 is 0.943 bits per heavy atom. The van der Waals surface area contributed by atoms with Crippen LogP contribution in [0.5, 0.6) is 0 Å². The monoisotopic (exact) mass is 545 g/mol. The van der Waals surface area contributed by atoms with Gasteiger partial charge >= 0.3 is 22.6 Å². The van der Waals surface area contributed by atoms with Crippen molar-refractivity contribution in [2.75, 3.05) is 13.1 Å². The Morgan fingerprint density at radius 3 is 1.94 bits per heavy atom. The molecular weight excluding hydrogens is 524 g/mol. The molecule has 0 atom stereocenters. The number of carbonyl (C=O) groups is 1. The van der Waals surface area contributed by atoms with Crippen molar-refractivity contribution in [3.05, 3.63) is 70.8 Å². The van der Waals surface area contributed by atoms with Gasteiger partial charge in [-0.15, -0.1) is 12.4 Å². The molecule has 0 spiro atoms. The molecular formula is C21H22ClF6N3O3S. The van der Waals surface area contributed by atoms with E-state index >= 15 is 0 Å². The number of carbonyl (C=O) groups excluding carboxylic acids is 1. The Labute approximate surface area is 204 Å². The zero-order valence-corrected chi connectivity index (χ0v) is 19.6. The van der Waals surface area contributed by atoms with Crippen LogP contribution in [0, 0.1) is 0 Å². The van der Waals surface area contributed by atoms with Gasteiger partial charge in [0.1, 0.15) is 0 Å². The Hall–Kier alpha value is -2.35. The zero-order chi connectivity index (χ0) is 25.1. The Kier molecular flexibility index (Phi) is 9.20. The Balaban J connectivity index is 0.00000432. The van der Waals surface area contributed by atoms with E-state index in [9.17, 15) is 39.6 Å². The third-order valence-corrected chi connectivity index (χ3v) is 6.77. The molecule has 3 rings (SSSR count). The highest BCUT2D eigenvalue weighted by Crippen LogP contribution is 2.36. The molecule has 2 aromatic rings. The van der Waals surface area contributed by atoms with Gasteiger partial charge in [0, 0.05) is 18.2 Å². The second-order valence-electron chi connectivity index (χ2n) is 7.74. The van der Waals surface area contributed by atoms with Gasteiger partial charge in [0.25, 0.3) is 5.91 Å². The maximum Gasteiger partial charge on any atom is 0.416 e. The molecule has 1 heterocycles. The van der Waals surface area contributed by atoms with Gasteiger partial charge in [0.05, 0.1) is 11.1 Å². The largest absolute Gasteiger partial charge is 0.416 e. The van der Waals surface area contributed by atoms with Crippen LogP contribution in [-0.2, 0) is 29.1 Å². The van der Waals surface area contributed by atoms with Crippen LogP contribution in [0.3, 0.4) is 0 Å². The summed E-state index contributed by atoms with van der Waals surface area (Å²) in [6.07, 6.45) is -9.54. The first kappa shape index (κ1) is 28.9. The number of alkyl halides is 6. The molecule has 0 unspecified atom stereocenters. The van der Waals surface area contributed by atoms with Crippen LogP contribution in [0.4, 0.5) is 26.3 Å². The summed E-state index contributed by atoms with van der Waals surface area (Å²) in [6, 6.07) is 8.12. The maximum atomic E-state index is 13.1. The van der Waals surface area contributed by atoms with E-state index in [-0.39, 0.29) is 37.2 Å². The van der Waals surface area contributed by atoms with E-state index in [0.29, 0.717) is 31.5 Å². The van der Waals surface area contributed by atoms with E-state index in [2.05, 4.69) is 5.32 Å². The highest BCUT2D eigenvalue weighted by atomic mass is 35.5. The number of hydrogen-bond donors (Lipinski definition) is 2. The minimum atomic E-state index is -5.18. The maximum absolute atomic E-state index is 13.1. The number of benzene rings is 2. The summed E-state index contributed by atoms with van der Waals surface area (Å²) in [5.41, 5.74) is -3.92. The first-order valence-corrected chi connectivity index (χ1v) is 11.6. The second-order valence-corrected chi connectivity index (χ2v) is 9.37. The molecule has 2 N–H and O–H groups in total. The summed E-state index contributed by atoms with van der Waals surface area (Å²) in [6.45, 7) is 0.870. The van der Waals surface area contributed by atoms with Crippen LogP contribution in [0.25, 0.3) is 0 Å². The smallest absolute Gasteiger partial charge is 0.317 e. The topological polar surface area (TPSA) is 78.5 Å². The molecule has 6 nitrogen and oxygen atoms in total. The zero-order valence-electron chi connectivity index (χ0n) is 18.0. The van der Waals surface area contributed by atoms with E-state index in [4.69, 9.17) is 0 Å². The average molecular weight is 546 g/mol. The molecule has 194 valence electrons. The van der Waals surface area contributed by atoms with Gasteiger partial charge < -0.3 is 5.32 Å². The summed E-state index contributed by atoms with van der Waals surface area (Å²) in [5, 5.41) is 3.07. The summed E-state index contributed by atoms with van der Waals surface area (Å²) in [4.78, 5) is 12.6. The molecule has 1 amide bonds. The molecule has 1 fully saturated rings. The fourth-order valence-electron chi connectivity index (χ4n) is 3.59. The summed E-state index contributed by atoms with van der Waals surface area (Å²) < 4.78 is 108. The quantitative estimate of drug-likeness (QED) is 0.528. The van der Waals surface area contributed by atoms with Gasteiger partial charge in [0.2, 0.25) is 0 Å². The lowest BCUT2D eigenvalue weighted by atomic mass is 10.0. The standard InChI is InChI=1S/C21H21F6N3O3S.ClH/c22-20(23,24)16-10-15(11-17(12-16)21(25,26)27)19(31)29-34(32,33)30(18-6-8-28-9-7-18)13-14-4-2-1-3-5-14;/h1-5,10-12,18,28H,6-9,13H2,(H,29,31);1H. The predicted molar refractivity (Wildman–Crippen MR) is 118 cm³/mol. The van der Waals surface area contributed by atoms with Crippen molar-refractivity contribution in [1.29, 1.82) is 0 Å². The van der Waals surface area contributed by atoms with Crippen LogP contribution in [0.1, 0.15) is 39.9 Å². The number of rotatable bonds is 6. The lowest BCUT2D eigenvalue weighted by Crippen LogP contribution is -2.51. The van der Waals surface area contributed by atoms with Crippen molar-refractivity contribution in [3.63, 3.8) is 0 Å². The minimum absolute atomic E-state index is 0. The van der Waals surface area contributed by atoms with Crippen molar-refractivity contribution in [2.45, 2.75) is 37.8 Å². The highest BCUT2D eigenvalue weighted by molar-refractivity contribution is 7.87. The van der Waals surface area contributed by atoms with Crippen LogP contribution in [0.15, 0.2) is 48.5 Å². The van der Waals surface area contributed by atoms with Crippen molar-refractivity contribution < 1.29 is 39.6 Å². The van der Waals surface area contributed by atoms with Gasteiger partial charge in [-0.05, 0) is 49.7 Å². The molecule has 0 bridgehead atoms. The molecule has 0 aromatic heterocycles. The molecule has 1 aliphatic heterocycles. The Bertz CT molecular complexity index is 1090. The van der Waals surface area contributed by atoms with Crippen molar-refractivity contribution in [2.24, 2.45) is 0 Å². The lowest BCUT2D eigenvalue weighted by Gasteiger charge is -2.33. The van der Waals surface area contributed by atoms with Crippen molar-refractivity contribution in [1.82, 2.24) is 14.3 Å². The molecule has 14 heteroatoms. The number of hydrogen-bond acceptors (Lipinski definition) is 4. The van der Waals surface area contributed by atoms with Crippen LogP contribution >= 0.6 is 12.4 Å². The Morgan fingerprint density at radius 2 is 1.46 bits per heavy atom. The fraction of sp³-hybridized carbons (Fsp3) is 0.381. The highest BCUT2D eigenvalue weighted by Gasteiger charge is 2.38. The van der Waals surface area contributed by atoms with E-state index in [1.807, 2.05) is 0 Å². The lowest BCUT2D eigenvalue weighted by molar-refractivity contribution is -0.143. The van der Waals surface area contributed by atoms with Gasteiger partial charge in [0.15, 0.2) is 0 Å². The molecule has 35 heavy (non-hydrogen) atoms. The fourth-order valence-corrected chi connectivity index (χ4v) is 4.98. The molecule has 1 aliphatic rings. The van der Waals surface area contributed by atoms with Gasteiger partial charge in [-0.3, -0.25) is 4.79 Å². The molecule has 0 saturated carbocycles. The normalized spacial score (nSPS) is 15.5. The average Bonchev–Trinajstić information content (AvgIpc) is 2.77. The molecule has 1 saturated heterocycles. The number of amides is 1. The van der Waals surface area contributed by atoms with Crippen molar-refractivity contribution in [3.8, 4) is 0 Å². The third-order valence-electron chi connectivity index (χ3n) is 5.28. The first-order chi connectivity index (χ1) is 15.8. The molecule has 2 aromatic carbocycles. The number of halogens is 7. The third kappa shape index (κ3) is 7.56. The van der Waals surface area contributed by atoms with Gasteiger partial charge in [-0.1, -0.05) is 30.3 Å². The van der Waals surface area contributed by atoms with Crippen LogP contribution in [-0.4, -0.2) is 37.8 Å². The SMILES string of the molecule is Cl.O=C(NS(=O)(=O)N(Cc1ccccc1)C1CCNCC1)c1cc(C(F)(F)F)cc(C(F)(F)F)c1. The van der Waals surface area contributed by atoms with E-state index < -0.39 is 51.2 Å². The predicted octanol–water partition coefficient (Wildman–Crippen LogP) is 4.37. The summed E-state index contributed by atoms with van der Waals surface area (Å²) in [5.74, 6) is -1.59. The number of nitrogens with one attached hydrogen (secondary N) is 2. The summed E-state index contributed by atoms with van der Waals surface area (Å²) in [7, 11) is -4.62. The number of nitrogens with zero attached hydrogens (tertiary/aromatic N) is 1. The van der Waals surface area contributed by atoms with Crippen molar-refractivity contribution >= 4 is 28.5 Å². The van der Waals surface area contributed by atoms with Crippen LogP contribution < -0.4 is 10.0 Å². The van der Waals surface area contributed by atoms with Crippen LogP contribution in [0.2, 0.25) is 0 Å². The van der Waals surface area contributed by atoms with Gasteiger partial charge in [-0.2, -0.15) is 39.1 Å². The second kappa shape index (κ2) is 11.1.